The molecule has 102 valence electrons. The maximum absolute atomic E-state index is 12.3. The fourth-order valence-electron chi connectivity index (χ4n) is 2.83. The molecule has 3 rings (SSSR count). The SMILES string of the molecule is Cl.O=C1OC2(CCNCC2)C(=O)N1CC1CCC1. The normalized spacial score (nSPS) is 26.8. The van der Waals surface area contributed by atoms with Gasteiger partial charge in [-0.25, -0.2) is 9.69 Å². The Balaban J connectivity index is 0.00000120. The van der Waals surface area contributed by atoms with Gasteiger partial charge in [0.25, 0.3) is 5.91 Å². The number of nitrogens with zero attached hydrogens (tertiary/aromatic N) is 1. The van der Waals surface area contributed by atoms with Crippen LogP contribution in [0.5, 0.6) is 0 Å². The summed E-state index contributed by atoms with van der Waals surface area (Å²) < 4.78 is 5.38. The third-order valence-corrected chi connectivity index (χ3v) is 4.21. The summed E-state index contributed by atoms with van der Waals surface area (Å²) >= 11 is 0. The molecule has 1 saturated carbocycles. The molecule has 3 aliphatic rings. The maximum atomic E-state index is 12.3. The number of amides is 2. The third kappa shape index (κ3) is 2.10. The van der Waals surface area contributed by atoms with E-state index in [0.29, 0.717) is 25.3 Å². The molecule has 0 aromatic carbocycles. The molecule has 1 spiro atoms. The molecule has 0 aromatic heterocycles. The molecular weight excluding hydrogens is 256 g/mol. The number of nitrogens with one attached hydrogen (secondary N) is 1. The summed E-state index contributed by atoms with van der Waals surface area (Å²) in [6.45, 7) is 2.05. The Hall–Kier alpha value is -0.810. The van der Waals surface area contributed by atoms with E-state index in [1.807, 2.05) is 0 Å². The molecular formula is C12H19ClN2O3. The van der Waals surface area contributed by atoms with E-state index >= 15 is 0 Å². The Morgan fingerprint density at radius 2 is 1.94 bits per heavy atom. The quantitative estimate of drug-likeness (QED) is 0.825. The van der Waals surface area contributed by atoms with Crippen molar-refractivity contribution in [3.8, 4) is 0 Å². The highest BCUT2D eigenvalue weighted by atomic mass is 35.5. The smallest absolute Gasteiger partial charge is 0.417 e. The van der Waals surface area contributed by atoms with Gasteiger partial charge in [-0.05, 0) is 31.8 Å². The first-order chi connectivity index (χ1) is 8.21. The number of halogens is 1. The monoisotopic (exact) mass is 274 g/mol. The molecule has 1 aliphatic carbocycles. The molecule has 2 amide bonds. The summed E-state index contributed by atoms with van der Waals surface area (Å²) in [5.74, 6) is 0.402. The second kappa shape index (κ2) is 5.05. The number of carbonyl (C=O) groups is 2. The minimum atomic E-state index is -0.841. The van der Waals surface area contributed by atoms with Crippen molar-refractivity contribution in [1.82, 2.24) is 10.2 Å². The van der Waals surface area contributed by atoms with Crippen molar-refractivity contribution in [3.63, 3.8) is 0 Å². The minimum absolute atomic E-state index is 0. The lowest BCUT2D eigenvalue weighted by Crippen LogP contribution is -2.49. The molecule has 2 saturated heterocycles. The van der Waals surface area contributed by atoms with Crippen LogP contribution < -0.4 is 5.32 Å². The molecule has 5 nitrogen and oxygen atoms in total. The Morgan fingerprint density at radius 1 is 1.28 bits per heavy atom. The van der Waals surface area contributed by atoms with Crippen LogP contribution in [0.25, 0.3) is 0 Å². The lowest BCUT2D eigenvalue weighted by molar-refractivity contribution is -0.139. The van der Waals surface area contributed by atoms with Gasteiger partial charge in [0, 0.05) is 19.4 Å². The van der Waals surface area contributed by atoms with Crippen molar-refractivity contribution in [3.05, 3.63) is 0 Å². The summed E-state index contributed by atoms with van der Waals surface area (Å²) in [4.78, 5) is 25.5. The van der Waals surface area contributed by atoms with Gasteiger partial charge >= 0.3 is 6.09 Å². The molecule has 0 atom stereocenters. The molecule has 0 radical (unpaired) electrons. The lowest BCUT2D eigenvalue weighted by Gasteiger charge is -2.31. The van der Waals surface area contributed by atoms with Crippen LogP contribution in [-0.4, -0.2) is 42.1 Å². The van der Waals surface area contributed by atoms with Gasteiger partial charge in [-0.2, -0.15) is 0 Å². The summed E-state index contributed by atoms with van der Waals surface area (Å²) in [6.07, 6.45) is 4.27. The van der Waals surface area contributed by atoms with Gasteiger partial charge in [-0.1, -0.05) is 6.42 Å². The number of imide groups is 1. The van der Waals surface area contributed by atoms with Gasteiger partial charge in [0.05, 0.1) is 0 Å². The van der Waals surface area contributed by atoms with E-state index in [4.69, 9.17) is 4.74 Å². The van der Waals surface area contributed by atoms with E-state index in [1.165, 1.54) is 11.3 Å². The Morgan fingerprint density at radius 3 is 2.50 bits per heavy atom. The van der Waals surface area contributed by atoms with Gasteiger partial charge in [0.2, 0.25) is 0 Å². The number of hydrogen-bond acceptors (Lipinski definition) is 4. The van der Waals surface area contributed by atoms with Gasteiger partial charge < -0.3 is 10.1 Å². The van der Waals surface area contributed by atoms with Crippen molar-refractivity contribution in [1.29, 1.82) is 0 Å². The fraction of sp³-hybridized carbons (Fsp3) is 0.833. The van der Waals surface area contributed by atoms with E-state index in [-0.39, 0.29) is 18.3 Å². The Kier molecular flexibility index (Phi) is 3.82. The molecule has 2 heterocycles. The van der Waals surface area contributed by atoms with E-state index in [0.717, 1.165) is 25.9 Å². The van der Waals surface area contributed by atoms with Crippen molar-refractivity contribution in [2.45, 2.75) is 37.7 Å². The van der Waals surface area contributed by atoms with Crippen LogP contribution >= 0.6 is 12.4 Å². The third-order valence-electron chi connectivity index (χ3n) is 4.21. The van der Waals surface area contributed by atoms with Crippen LogP contribution in [-0.2, 0) is 9.53 Å². The van der Waals surface area contributed by atoms with Crippen molar-refractivity contribution >= 4 is 24.4 Å². The van der Waals surface area contributed by atoms with Gasteiger partial charge in [-0.15, -0.1) is 12.4 Å². The topological polar surface area (TPSA) is 58.6 Å². The maximum Gasteiger partial charge on any atom is 0.417 e. The van der Waals surface area contributed by atoms with Crippen LogP contribution in [0.4, 0.5) is 4.79 Å². The largest absolute Gasteiger partial charge is 0.432 e. The van der Waals surface area contributed by atoms with E-state index < -0.39 is 11.7 Å². The highest BCUT2D eigenvalue weighted by Gasteiger charge is 2.54. The molecule has 3 fully saturated rings. The van der Waals surface area contributed by atoms with Crippen LogP contribution in [0.1, 0.15) is 32.1 Å². The number of hydrogen-bond donors (Lipinski definition) is 1. The molecule has 18 heavy (non-hydrogen) atoms. The van der Waals surface area contributed by atoms with Crippen LogP contribution in [0.15, 0.2) is 0 Å². The average molecular weight is 275 g/mol. The van der Waals surface area contributed by atoms with Gasteiger partial charge in [0.15, 0.2) is 5.60 Å². The molecule has 1 N–H and O–H groups in total. The molecule has 2 aliphatic heterocycles. The van der Waals surface area contributed by atoms with E-state index in [2.05, 4.69) is 5.32 Å². The Labute approximate surface area is 113 Å². The first-order valence-electron chi connectivity index (χ1n) is 6.47. The zero-order chi connectivity index (χ0) is 11.9. The fourth-order valence-corrected chi connectivity index (χ4v) is 2.83. The molecule has 0 bridgehead atoms. The highest BCUT2D eigenvalue weighted by molar-refractivity contribution is 6.03. The lowest BCUT2D eigenvalue weighted by atomic mass is 9.84. The van der Waals surface area contributed by atoms with Crippen molar-refractivity contribution in [2.24, 2.45) is 5.92 Å². The zero-order valence-corrected chi connectivity index (χ0v) is 11.1. The first-order valence-corrected chi connectivity index (χ1v) is 6.47. The number of carbonyl (C=O) groups excluding carboxylic acids is 2. The van der Waals surface area contributed by atoms with E-state index in [1.54, 1.807) is 0 Å². The highest BCUT2D eigenvalue weighted by Crippen LogP contribution is 2.35. The number of rotatable bonds is 2. The van der Waals surface area contributed by atoms with Crippen LogP contribution in [0.3, 0.4) is 0 Å². The molecule has 0 aromatic rings. The summed E-state index contributed by atoms with van der Waals surface area (Å²) in [7, 11) is 0. The van der Waals surface area contributed by atoms with Crippen molar-refractivity contribution in [2.75, 3.05) is 19.6 Å². The number of ether oxygens (including phenoxy) is 1. The van der Waals surface area contributed by atoms with E-state index in [9.17, 15) is 9.59 Å². The predicted octanol–water partition coefficient (Wildman–Crippen LogP) is 1.31. The standard InChI is InChI=1S/C12H18N2O3.ClH/c15-10-12(4-6-13-7-5-12)17-11(16)14(10)8-9-2-1-3-9;/h9,13H,1-8H2;1H. The predicted molar refractivity (Wildman–Crippen MR) is 67.6 cm³/mol. The molecule has 6 heteroatoms. The van der Waals surface area contributed by atoms with Gasteiger partial charge in [-0.3, -0.25) is 4.79 Å². The average Bonchev–Trinajstić information content (AvgIpc) is 2.48. The Bertz CT molecular complexity index is 351. The minimum Gasteiger partial charge on any atom is -0.432 e. The van der Waals surface area contributed by atoms with Gasteiger partial charge in [0.1, 0.15) is 0 Å². The summed E-state index contributed by atoms with van der Waals surface area (Å²) in [5.41, 5.74) is -0.841. The summed E-state index contributed by atoms with van der Waals surface area (Å²) in [5, 5.41) is 3.19. The zero-order valence-electron chi connectivity index (χ0n) is 10.3. The first kappa shape index (κ1) is 13.6. The summed E-state index contributed by atoms with van der Waals surface area (Å²) in [6, 6.07) is 0. The second-order valence-electron chi connectivity index (χ2n) is 5.32. The molecule has 0 unspecified atom stereocenters. The second-order valence-corrected chi connectivity index (χ2v) is 5.32. The van der Waals surface area contributed by atoms with Crippen molar-refractivity contribution < 1.29 is 14.3 Å². The van der Waals surface area contributed by atoms with Crippen LogP contribution in [0.2, 0.25) is 0 Å². The number of piperidine rings is 1. The van der Waals surface area contributed by atoms with Crippen LogP contribution in [0, 0.1) is 5.92 Å².